The number of halogens is 1. The number of urea groups is 1. The fourth-order valence-corrected chi connectivity index (χ4v) is 5.60. The van der Waals surface area contributed by atoms with Crippen molar-refractivity contribution >= 4 is 46.7 Å². The molecular weight excluding hydrogens is 406 g/mol. The number of aryl methyl sites for hydroxylation is 2. The summed E-state index contributed by atoms with van der Waals surface area (Å²) in [6.45, 7) is 5.22. The smallest absolute Gasteiger partial charge is 0.321 e. The number of hydrogen-bond donors (Lipinski definition) is 1. The Hall–Kier alpha value is -2.18. The highest BCUT2D eigenvalue weighted by molar-refractivity contribution is 8.02. The van der Waals surface area contributed by atoms with Gasteiger partial charge in [-0.3, -0.25) is 9.69 Å². The Kier molecular flexibility index (Phi) is 5.49. The molecule has 0 aromatic heterocycles. The van der Waals surface area contributed by atoms with Gasteiger partial charge in [0.15, 0.2) is 0 Å². The summed E-state index contributed by atoms with van der Waals surface area (Å²) in [7, 11) is 0. The third-order valence-electron chi connectivity index (χ3n) is 5.75. The Morgan fingerprint density at radius 1 is 1.07 bits per heavy atom. The topological polar surface area (TPSA) is 52.7 Å². The second-order valence-corrected chi connectivity index (χ2v) is 9.40. The van der Waals surface area contributed by atoms with E-state index in [1.165, 1.54) is 0 Å². The molecule has 0 bridgehead atoms. The Bertz CT molecular complexity index is 919. The lowest BCUT2D eigenvalue weighted by atomic mass is 10.0. The molecule has 29 heavy (non-hydrogen) atoms. The number of piperidine rings is 1. The third kappa shape index (κ3) is 3.83. The van der Waals surface area contributed by atoms with Crippen LogP contribution in [0.1, 0.15) is 24.0 Å². The lowest BCUT2D eigenvalue weighted by Gasteiger charge is -2.44. The summed E-state index contributed by atoms with van der Waals surface area (Å²) >= 11 is 7.70. The molecule has 1 spiro atoms. The van der Waals surface area contributed by atoms with E-state index in [-0.39, 0.29) is 16.8 Å². The average molecular weight is 430 g/mol. The highest BCUT2D eigenvalue weighted by Crippen LogP contribution is 2.47. The molecule has 3 amide bonds. The summed E-state index contributed by atoms with van der Waals surface area (Å²) in [5.74, 6) is 0.586. The number of thioether (sulfide) groups is 1. The van der Waals surface area contributed by atoms with E-state index in [1.807, 2.05) is 66.1 Å². The lowest BCUT2D eigenvalue weighted by molar-refractivity contribution is -0.116. The molecule has 2 heterocycles. The average Bonchev–Trinajstić information content (AvgIpc) is 3.02. The van der Waals surface area contributed by atoms with Crippen molar-refractivity contribution in [1.29, 1.82) is 0 Å². The first-order chi connectivity index (χ1) is 13.9. The molecule has 0 radical (unpaired) electrons. The number of carbonyl (C=O) groups excluding carboxylic acids is 2. The molecule has 152 valence electrons. The molecule has 7 heteroatoms. The van der Waals surface area contributed by atoms with Crippen molar-refractivity contribution in [3.05, 3.63) is 58.6 Å². The first-order valence-corrected chi connectivity index (χ1v) is 11.1. The zero-order chi connectivity index (χ0) is 20.6. The van der Waals surface area contributed by atoms with Crippen molar-refractivity contribution in [2.75, 3.05) is 29.1 Å². The number of carbonyl (C=O) groups is 2. The summed E-state index contributed by atoms with van der Waals surface area (Å²) in [6, 6.07) is 13.3. The van der Waals surface area contributed by atoms with Crippen molar-refractivity contribution in [3.8, 4) is 0 Å². The van der Waals surface area contributed by atoms with Crippen LogP contribution >= 0.6 is 23.4 Å². The van der Waals surface area contributed by atoms with Gasteiger partial charge in [0.2, 0.25) is 5.91 Å². The van der Waals surface area contributed by atoms with E-state index < -0.39 is 0 Å². The van der Waals surface area contributed by atoms with Gasteiger partial charge in [0, 0.05) is 29.5 Å². The van der Waals surface area contributed by atoms with E-state index in [0.717, 1.165) is 35.3 Å². The Morgan fingerprint density at radius 2 is 1.69 bits per heavy atom. The summed E-state index contributed by atoms with van der Waals surface area (Å²) in [5, 5.41) is 3.72. The molecule has 0 saturated carbocycles. The molecule has 0 aliphatic carbocycles. The molecule has 5 nitrogen and oxygen atoms in total. The van der Waals surface area contributed by atoms with E-state index in [0.29, 0.717) is 23.9 Å². The van der Waals surface area contributed by atoms with Crippen molar-refractivity contribution in [2.45, 2.75) is 31.6 Å². The van der Waals surface area contributed by atoms with Gasteiger partial charge in [-0.15, -0.1) is 11.8 Å². The van der Waals surface area contributed by atoms with E-state index >= 15 is 0 Å². The van der Waals surface area contributed by atoms with Gasteiger partial charge in [-0.1, -0.05) is 29.8 Å². The maximum Gasteiger partial charge on any atom is 0.321 e. The minimum Gasteiger partial charge on any atom is -0.324 e. The number of nitrogens with one attached hydrogen (secondary N) is 1. The predicted octanol–water partition coefficient (Wildman–Crippen LogP) is 5.06. The largest absolute Gasteiger partial charge is 0.324 e. The number of amides is 3. The Labute approximate surface area is 180 Å². The highest BCUT2D eigenvalue weighted by atomic mass is 35.5. The fourth-order valence-electron chi connectivity index (χ4n) is 4.15. The van der Waals surface area contributed by atoms with Gasteiger partial charge in [0.25, 0.3) is 0 Å². The van der Waals surface area contributed by atoms with Gasteiger partial charge in [0.1, 0.15) is 0 Å². The molecule has 2 aliphatic heterocycles. The highest BCUT2D eigenvalue weighted by Gasteiger charge is 2.49. The maximum atomic E-state index is 12.8. The zero-order valence-electron chi connectivity index (χ0n) is 16.6. The summed E-state index contributed by atoms with van der Waals surface area (Å²) in [4.78, 5) is 29.0. The van der Waals surface area contributed by atoms with E-state index in [2.05, 4.69) is 5.32 Å². The number of anilines is 2. The normalized spacial score (nSPS) is 18.4. The molecule has 0 unspecified atom stereocenters. The second kappa shape index (κ2) is 7.92. The van der Waals surface area contributed by atoms with Crippen LogP contribution in [0, 0.1) is 13.8 Å². The van der Waals surface area contributed by atoms with Crippen LogP contribution in [-0.4, -0.2) is 40.6 Å². The van der Waals surface area contributed by atoms with Crippen molar-refractivity contribution < 1.29 is 9.59 Å². The van der Waals surface area contributed by atoms with Crippen molar-refractivity contribution in [3.63, 3.8) is 0 Å². The molecule has 4 rings (SSSR count). The summed E-state index contributed by atoms with van der Waals surface area (Å²) < 4.78 is 0. The monoisotopic (exact) mass is 429 g/mol. The third-order valence-corrected chi connectivity index (χ3v) is 7.52. The van der Waals surface area contributed by atoms with Gasteiger partial charge in [-0.05, 0) is 62.1 Å². The molecular formula is C22H24ClN3O2S. The molecule has 1 N–H and O–H groups in total. The van der Waals surface area contributed by atoms with Gasteiger partial charge < -0.3 is 10.2 Å². The number of benzene rings is 2. The van der Waals surface area contributed by atoms with Gasteiger partial charge >= 0.3 is 6.03 Å². The maximum absolute atomic E-state index is 12.8. The summed E-state index contributed by atoms with van der Waals surface area (Å²) in [5.41, 5.74) is 3.86. The SMILES string of the molecule is Cc1cccc(C)c1NC(=O)N1CCC2(CC1)SCC(=O)N2c1ccc(Cl)cc1. The van der Waals surface area contributed by atoms with Gasteiger partial charge in [0.05, 0.1) is 10.6 Å². The number of hydrogen-bond acceptors (Lipinski definition) is 3. The van der Waals surface area contributed by atoms with Crippen LogP contribution < -0.4 is 10.2 Å². The van der Waals surface area contributed by atoms with Crippen LogP contribution in [0.15, 0.2) is 42.5 Å². The zero-order valence-corrected chi connectivity index (χ0v) is 18.1. The first-order valence-electron chi connectivity index (χ1n) is 9.74. The number of likely N-dealkylation sites (tertiary alicyclic amines) is 1. The fraction of sp³-hybridized carbons (Fsp3) is 0.364. The first kappa shape index (κ1) is 20.1. The minimum atomic E-state index is -0.291. The van der Waals surface area contributed by atoms with Crippen LogP contribution in [0.5, 0.6) is 0 Å². The van der Waals surface area contributed by atoms with Crippen LogP contribution in [-0.2, 0) is 4.79 Å². The number of nitrogens with zero attached hydrogens (tertiary/aromatic N) is 2. The van der Waals surface area contributed by atoms with E-state index in [4.69, 9.17) is 11.6 Å². The molecule has 2 aliphatic rings. The predicted molar refractivity (Wildman–Crippen MR) is 120 cm³/mol. The Morgan fingerprint density at radius 3 is 2.31 bits per heavy atom. The van der Waals surface area contributed by atoms with Crippen LogP contribution in [0.2, 0.25) is 5.02 Å². The standard InChI is InChI=1S/C22H24ClN3O2S/c1-15-4-3-5-16(2)20(15)24-21(28)25-12-10-22(11-13-25)26(19(27)14-29-22)18-8-6-17(23)7-9-18/h3-9H,10-14H2,1-2H3,(H,24,28). The van der Waals surface area contributed by atoms with E-state index in [9.17, 15) is 9.59 Å². The van der Waals surface area contributed by atoms with Crippen LogP contribution in [0.4, 0.5) is 16.2 Å². The van der Waals surface area contributed by atoms with Gasteiger partial charge in [-0.25, -0.2) is 4.79 Å². The van der Waals surface area contributed by atoms with Crippen LogP contribution in [0.25, 0.3) is 0 Å². The molecule has 2 aromatic carbocycles. The number of para-hydroxylation sites is 1. The molecule has 0 atom stereocenters. The summed E-state index contributed by atoms with van der Waals surface area (Å²) in [6.07, 6.45) is 1.48. The van der Waals surface area contributed by atoms with E-state index in [1.54, 1.807) is 11.8 Å². The Balaban J connectivity index is 1.47. The van der Waals surface area contributed by atoms with Crippen molar-refractivity contribution in [1.82, 2.24) is 4.90 Å². The molecule has 2 aromatic rings. The van der Waals surface area contributed by atoms with Gasteiger partial charge in [-0.2, -0.15) is 0 Å². The second-order valence-electron chi connectivity index (χ2n) is 7.62. The van der Waals surface area contributed by atoms with Crippen molar-refractivity contribution in [2.24, 2.45) is 0 Å². The lowest BCUT2D eigenvalue weighted by Crippen LogP contribution is -2.53. The quantitative estimate of drug-likeness (QED) is 0.725. The molecule has 2 saturated heterocycles. The minimum absolute atomic E-state index is 0.0791. The molecule has 2 fully saturated rings. The number of rotatable bonds is 2. The van der Waals surface area contributed by atoms with Crippen LogP contribution in [0.3, 0.4) is 0 Å².